The first kappa shape index (κ1) is 16.9. The number of nitrogens with one attached hydrogen (secondary N) is 1. The molecule has 1 aromatic carbocycles. The van der Waals surface area contributed by atoms with Gasteiger partial charge in [0.05, 0.1) is 0 Å². The Morgan fingerprint density at radius 2 is 2.09 bits per heavy atom. The average molecular weight is 413 g/mol. The molecule has 2 rings (SSSR count). The Bertz CT molecular complexity index is 610. The summed E-state index contributed by atoms with van der Waals surface area (Å²) in [6.45, 7) is 4.12. The number of aryl methyl sites for hydroxylation is 1. The van der Waals surface area contributed by atoms with Crippen molar-refractivity contribution in [1.82, 2.24) is 15.5 Å². The number of carbonyl (C=O) groups excluding carboxylic acids is 1. The number of hydrogen-bond donors (Lipinski definition) is 1. The summed E-state index contributed by atoms with van der Waals surface area (Å²) < 4.78 is 6.36. The van der Waals surface area contributed by atoms with Gasteiger partial charge < -0.3 is 9.84 Å². The van der Waals surface area contributed by atoms with Crippen LogP contribution in [0.5, 0.6) is 0 Å². The quantitative estimate of drug-likeness (QED) is 0.705. The Kier molecular flexibility index (Phi) is 6.35. The second-order valence-electron chi connectivity index (χ2n) is 5.28. The zero-order chi connectivity index (χ0) is 15.9. The molecule has 0 saturated heterocycles. The predicted octanol–water partition coefficient (Wildman–Crippen LogP) is 3.58. The molecule has 118 valence electrons. The van der Waals surface area contributed by atoms with Gasteiger partial charge in [-0.15, -0.1) is 0 Å². The van der Waals surface area contributed by atoms with E-state index in [-0.39, 0.29) is 11.9 Å². The van der Waals surface area contributed by atoms with Crippen LogP contribution in [0.25, 0.3) is 11.4 Å². The highest BCUT2D eigenvalue weighted by Crippen LogP contribution is 2.17. The molecule has 0 bridgehead atoms. The van der Waals surface area contributed by atoms with Gasteiger partial charge in [0.1, 0.15) is 0 Å². The molecule has 22 heavy (non-hydrogen) atoms. The minimum atomic E-state index is 0.0231. The van der Waals surface area contributed by atoms with Crippen LogP contribution in [0.2, 0.25) is 0 Å². The van der Waals surface area contributed by atoms with Crippen molar-refractivity contribution in [2.75, 3.05) is 0 Å². The molecule has 0 saturated carbocycles. The summed E-state index contributed by atoms with van der Waals surface area (Å²) in [5.41, 5.74) is 0.913. The topological polar surface area (TPSA) is 68.0 Å². The summed E-state index contributed by atoms with van der Waals surface area (Å²) >= 11 is 2.25. The van der Waals surface area contributed by atoms with Crippen molar-refractivity contribution >= 4 is 28.5 Å². The van der Waals surface area contributed by atoms with Crippen molar-refractivity contribution in [2.24, 2.45) is 0 Å². The number of halogens is 1. The van der Waals surface area contributed by atoms with E-state index >= 15 is 0 Å². The minimum Gasteiger partial charge on any atom is -0.354 e. The van der Waals surface area contributed by atoms with E-state index in [1.54, 1.807) is 0 Å². The monoisotopic (exact) mass is 413 g/mol. The van der Waals surface area contributed by atoms with Gasteiger partial charge in [-0.1, -0.05) is 30.6 Å². The first-order valence-electron chi connectivity index (χ1n) is 7.46. The van der Waals surface area contributed by atoms with Crippen LogP contribution < -0.4 is 5.32 Å². The van der Waals surface area contributed by atoms with Crippen LogP contribution in [0, 0.1) is 3.57 Å². The normalized spacial score (nSPS) is 12.1. The third-order valence-electron chi connectivity index (χ3n) is 3.27. The summed E-state index contributed by atoms with van der Waals surface area (Å²) in [5, 5.41) is 6.93. The third-order valence-corrected chi connectivity index (χ3v) is 3.98. The number of hydrogen-bond acceptors (Lipinski definition) is 4. The van der Waals surface area contributed by atoms with Gasteiger partial charge in [-0.2, -0.15) is 4.98 Å². The average Bonchev–Trinajstić information content (AvgIpc) is 2.95. The molecule has 1 N–H and O–H groups in total. The molecule has 1 amide bonds. The van der Waals surface area contributed by atoms with Crippen molar-refractivity contribution in [3.8, 4) is 11.4 Å². The van der Waals surface area contributed by atoms with E-state index in [1.807, 2.05) is 31.2 Å². The lowest BCUT2D eigenvalue weighted by molar-refractivity contribution is -0.121. The highest BCUT2D eigenvalue weighted by atomic mass is 127. The van der Waals surface area contributed by atoms with Gasteiger partial charge in [-0.3, -0.25) is 4.79 Å². The molecule has 1 heterocycles. The maximum Gasteiger partial charge on any atom is 0.227 e. The van der Waals surface area contributed by atoms with Crippen molar-refractivity contribution in [1.29, 1.82) is 0 Å². The number of amides is 1. The molecule has 0 radical (unpaired) electrons. The van der Waals surface area contributed by atoms with Crippen LogP contribution in [0.4, 0.5) is 0 Å². The van der Waals surface area contributed by atoms with E-state index < -0.39 is 0 Å². The maximum atomic E-state index is 11.8. The van der Waals surface area contributed by atoms with E-state index in [9.17, 15) is 4.79 Å². The lowest BCUT2D eigenvalue weighted by Gasteiger charge is -2.11. The van der Waals surface area contributed by atoms with E-state index in [0.29, 0.717) is 24.6 Å². The fourth-order valence-electron chi connectivity index (χ4n) is 2.15. The van der Waals surface area contributed by atoms with Gasteiger partial charge >= 0.3 is 0 Å². The number of rotatable bonds is 7. The van der Waals surface area contributed by atoms with Crippen LogP contribution >= 0.6 is 22.6 Å². The van der Waals surface area contributed by atoms with Crippen LogP contribution in [0.1, 0.15) is 39.0 Å². The van der Waals surface area contributed by atoms with Gasteiger partial charge in [0, 0.05) is 28.0 Å². The van der Waals surface area contributed by atoms with Gasteiger partial charge in [0.25, 0.3) is 0 Å². The second-order valence-corrected chi connectivity index (χ2v) is 6.52. The fourth-order valence-corrected chi connectivity index (χ4v) is 2.50. The summed E-state index contributed by atoms with van der Waals surface area (Å²) in [4.78, 5) is 16.2. The van der Waals surface area contributed by atoms with Crippen LogP contribution in [0.3, 0.4) is 0 Å². The second kappa shape index (κ2) is 8.26. The third kappa shape index (κ3) is 5.08. The summed E-state index contributed by atoms with van der Waals surface area (Å²) in [6, 6.07) is 8.11. The molecular weight excluding hydrogens is 393 g/mol. The first-order chi connectivity index (χ1) is 10.6. The van der Waals surface area contributed by atoms with Gasteiger partial charge in [-0.05, 0) is 48.1 Å². The molecular formula is C16H20IN3O2. The summed E-state index contributed by atoms with van der Waals surface area (Å²) in [5.74, 6) is 1.08. The van der Waals surface area contributed by atoms with Gasteiger partial charge in [0.15, 0.2) is 0 Å². The van der Waals surface area contributed by atoms with Crippen molar-refractivity contribution in [3.63, 3.8) is 0 Å². The van der Waals surface area contributed by atoms with E-state index in [2.05, 4.69) is 45.0 Å². The number of carbonyl (C=O) groups is 1. The largest absolute Gasteiger partial charge is 0.354 e. The van der Waals surface area contributed by atoms with Gasteiger partial charge in [0.2, 0.25) is 17.6 Å². The van der Waals surface area contributed by atoms with E-state index in [0.717, 1.165) is 22.0 Å². The molecule has 0 aliphatic rings. The number of benzene rings is 1. The Balaban J connectivity index is 1.87. The molecule has 5 nitrogen and oxygen atoms in total. The van der Waals surface area contributed by atoms with Crippen molar-refractivity contribution in [2.45, 2.75) is 45.6 Å². The SMILES string of the molecule is CCC[C@H](C)NC(=O)CCc1nc(-c2ccc(I)cc2)no1. The molecule has 1 aromatic heterocycles. The zero-order valence-corrected chi connectivity index (χ0v) is 15.0. The van der Waals surface area contributed by atoms with Crippen LogP contribution in [-0.2, 0) is 11.2 Å². The lowest BCUT2D eigenvalue weighted by Crippen LogP contribution is -2.32. The molecule has 0 fully saturated rings. The summed E-state index contributed by atoms with van der Waals surface area (Å²) in [6.07, 6.45) is 2.87. The lowest BCUT2D eigenvalue weighted by atomic mass is 10.2. The highest BCUT2D eigenvalue weighted by Gasteiger charge is 2.12. The molecule has 1 atom stereocenters. The van der Waals surface area contributed by atoms with Crippen molar-refractivity contribution < 1.29 is 9.32 Å². The molecule has 0 unspecified atom stereocenters. The van der Waals surface area contributed by atoms with Crippen LogP contribution in [0.15, 0.2) is 28.8 Å². The minimum absolute atomic E-state index is 0.0231. The molecule has 0 aliphatic carbocycles. The molecule has 2 aromatic rings. The number of aromatic nitrogens is 2. The first-order valence-corrected chi connectivity index (χ1v) is 8.54. The maximum absolute atomic E-state index is 11.8. The Morgan fingerprint density at radius 3 is 2.77 bits per heavy atom. The van der Waals surface area contributed by atoms with Gasteiger partial charge in [-0.25, -0.2) is 0 Å². The van der Waals surface area contributed by atoms with Crippen LogP contribution in [-0.4, -0.2) is 22.1 Å². The fraction of sp³-hybridized carbons (Fsp3) is 0.438. The molecule has 6 heteroatoms. The van der Waals surface area contributed by atoms with Crippen molar-refractivity contribution in [3.05, 3.63) is 33.7 Å². The Labute approximate surface area is 144 Å². The standard InChI is InChI=1S/C16H20IN3O2/c1-3-4-11(2)18-14(21)9-10-15-19-16(20-22-15)12-5-7-13(17)8-6-12/h5-8,11H,3-4,9-10H2,1-2H3,(H,18,21)/t11-/m0/s1. The molecule has 0 spiro atoms. The van der Waals surface area contributed by atoms with E-state index in [4.69, 9.17) is 4.52 Å². The summed E-state index contributed by atoms with van der Waals surface area (Å²) in [7, 11) is 0. The number of nitrogens with zero attached hydrogens (tertiary/aromatic N) is 2. The Hall–Kier alpha value is -1.44. The zero-order valence-electron chi connectivity index (χ0n) is 12.8. The predicted molar refractivity (Wildman–Crippen MR) is 93.3 cm³/mol. The molecule has 0 aliphatic heterocycles. The van der Waals surface area contributed by atoms with E-state index in [1.165, 1.54) is 0 Å². The highest BCUT2D eigenvalue weighted by molar-refractivity contribution is 14.1. The smallest absolute Gasteiger partial charge is 0.227 e. The Morgan fingerprint density at radius 1 is 1.36 bits per heavy atom.